The molecule has 0 saturated heterocycles. The van der Waals surface area contributed by atoms with Crippen LogP contribution in [0.3, 0.4) is 0 Å². The van der Waals surface area contributed by atoms with E-state index in [1.165, 1.54) is 0 Å². The number of rotatable bonds is 4. The fourth-order valence-electron chi connectivity index (χ4n) is 3.31. The second kappa shape index (κ2) is 7.07. The Morgan fingerprint density at radius 3 is 2.77 bits per heavy atom. The zero-order valence-corrected chi connectivity index (χ0v) is 16.5. The molecular formula is C22H19N7O. The summed E-state index contributed by atoms with van der Waals surface area (Å²) in [5, 5.41) is 12.2. The standard InChI is InChI=1S/C22H19N7O/c1-12(2)22(30)26-16-6-14(9-23-11-16)15-7-17-19(28-29-21(17)25-10-15)18-8-13-4-3-5-24-20(13)27-18/h3-12H,1-2H3,(H,24,27)(H,26,30)(H,25,28,29). The molecule has 0 fully saturated rings. The van der Waals surface area contributed by atoms with E-state index in [2.05, 4.69) is 35.5 Å². The van der Waals surface area contributed by atoms with Crippen molar-refractivity contribution in [3.8, 4) is 22.5 Å². The molecule has 3 N–H and O–H groups in total. The van der Waals surface area contributed by atoms with Gasteiger partial charge in [-0.15, -0.1) is 0 Å². The number of carbonyl (C=O) groups is 1. The first kappa shape index (κ1) is 18.0. The smallest absolute Gasteiger partial charge is 0.226 e. The molecular weight excluding hydrogens is 378 g/mol. The van der Waals surface area contributed by atoms with Crippen molar-refractivity contribution in [1.82, 2.24) is 30.1 Å². The summed E-state index contributed by atoms with van der Waals surface area (Å²) < 4.78 is 0. The molecule has 0 atom stereocenters. The highest BCUT2D eigenvalue weighted by molar-refractivity contribution is 5.96. The van der Waals surface area contributed by atoms with E-state index >= 15 is 0 Å². The van der Waals surface area contributed by atoms with Gasteiger partial charge in [-0.1, -0.05) is 13.8 Å². The molecule has 0 spiro atoms. The van der Waals surface area contributed by atoms with Gasteiger partial charge in [0.25, 0.3) is 0 Å². The minimum atomic E-state index is -0.106. The molecule has 5 aromatic rings. The molecule has 0 aliphatic heterocycles. The van der Waals surface area contributed by atoms with Crippen LogP contribution in [0.2, 0.25) is 0 Å². The van der Waals surface area contributed by atoms with Gasteiger partial charge in [0.15, 0.2) is 5.65 Å². The third-order valence-electron chi connectivity index (χ3n) is 4.93. The summed E-state index contributed by atoms with van der Waals surface area (Å²) in [6.07, 6.45) is 6.90. The number of aromatic amines is 2. The Kier molecular flexibility index (Phi) is 4.24. The Morgan fingerprint density at radius 2 is 1.93 bits per heavy atom. The van der Waals surface area contributed by atoms with E-state index in [9.17, 15) is 4.79 Å². The number of fused-ring (bicyclic) bond motifs is 2. The van der Waals surface area contributed by atoms with Gasteiger partial charge < -0.3 is 10.3 Å². The molecule has 8 nitrogen and oxygen atoms in total. The van der Waals surface area contributed by atoms with Crippen molar-refractivity contribution >= 4 is 33.7 Å². The Hall–Kier alpha value is -4.07. The quantitative estimate of drug-likeness (QED) is 0.422. The van der Waals surface area contributed by atoms with Crippen molar-refractivity contribution in [1.29, 1.82) is 0 Å². The summed E-state index contributed by atoms with van der Waals surface area (Å²) >= 11 is 0. The van der Waals surface area contributed by atoms with Crippen LogP contribution in [0, 0.1) is 5.92 Å². The van der Waals surface area contributed by atoms with E-state index in [-0.39, 0.29) is 11.8 Å². The van der Waals surface area contributed by atoms with Crippen molar-refractivity contribution in [2.45, 2.75) is 13.8 Å². The molecule has 5 heterocycles. The topological polar surface area (TPSA) is 112 Å². The van der Waals surface area contributed by atoms with Crippen LogP contribution in [-0.2, 0) is 4.79 Å². The van der Waals surface area contributed by atoms with E-state index < -0.39 is 0 Å². The highest BCUT2D eigenvalue weighted by atomic mass is 16.1. The van der Waals surface area contributed by atoms with Gasteiger partial charge in [-0.25, -0.2) is 9.97 Å². The predicted molar refractivity (Wildman–Crippen MR) is 116 cm³/mol. The molecule has 0 aliphatic rings. The number of aromatic nitrogens is 6. The van der Waals surface area contributed by atoms with Gasteiger partial charge in [0.2, 0.25) is 5.91 Å². The van der Waals surface area contributed by atoms with Gasteiger partial charge in [-0.2, -0.15) is 5.10 Å². The maximum absolute atomic E-state index is 12.0. The Bertz CT molecular complexity index is 1350. The summed E-state index contributed by atoms with van der Waals surface area (Å²) in [6.45, 7) is 3.70. The number of carbonyl (C=O) groups excluding carboxylic acids is 1. The van der Waals surface area contributed by atoms with Gasteiger partial charge in [0.1, 0.15) is 5.65 Å². The van der Waals surface area contributed by atoms with Crippen molar-refractivity contribution in [3.05, 3.63) is 55.1 Å². The average molecular weight is 397 g/mol. The van der Waals surface area contributed by atoms with Crippen LogP contribution in [-0.4, -0.2) is 36.0 Å². The normalized spacial score (nSPS) is 11.4. The SMILES string of the molecule is CC(C)C(=O)Nc1cncc(-c2cnc3n[nH]c(-c4cc5cccnc5[nH]4)c3c2)c1. The second-order valence-corrected chi connectivity index (χ2v) is 7.42. The van der Waals surface area contributed by atoms with Gasteiger partial charge >= 0.3 is 0 Å². The second-order valence-electron chi connectivity index (χ2n) is 7.42. The van der Waals surface area contributed by atoms with Gasteiger partial charge in [0.05, 0.1) is 23.3 Å². The molecule has 0 saturated carbocycles. The van der Waals surface area contributed by atoms with Crippen molar-refractivity contribution in [2.75, 3.05) is 5.32 Å². The largest absolute Gasteiger partial charge is 0.338 e. The minimum absolute atomic E-state index is 0.0490. The number of hydrogen-bond donors (Lipinski definition) is 3. The summed E-state index contributed by atoms with van der Waals surface area (Å²) in [6, 6.07) is 9.86. The first-order valence-electron chi connectivity index (χ1n) is 9.63. The molecule has 0 unspecified atom stereocenters. The molecule has 30 heavy (non-hydrogen) atoms. The van der Waals surface area contributed by atoms with Gasteiger partial charge in [-0.05, 0) is 30.3 Å². The molecule has 8 heteroatoms. The predicted octanol–water partition coefficient (Wildman–Crippen LogP) is 4.16. The van der Waals surface area contributed by atoms with Crippen LogP contribution in [0.1, 0.15) is 13.8 Å². The lowest BCUT2D eigenvalue weighted by atomic mass is 10.1. The highest BCUT2D eigenvalue weighted by Crippen LogP contribution is 2.30. The number of amides is 1. The maximum Gasteiger partial charge on any atom is 0.226 e. The highest BCUT2D eigenvalue weighted by Gasteiger charge is 2.14. The van der Waals surface area contributed by atoms with Gasteiger partial charge in [0, 0.05) is 46.4 Å². The van der Waals surface area contributed by atoms with Crippen LogP contribution < -0.4 is 5.32 Å². The Morgan fingerprint density at radius 1 is 1.07 bits per heavy atom. The van der Waals surface area contributed by atoms with Crippen LogP contribution in [0.15, 0.2) is 55.1 Å². The molecule has 0 aliphatic carbocycles. The lowest BCUT2D eigenvalue weighted by Crippen LogP contribution is -2.17. The molecule has 0 aromatic carbocycles. The van der Waals surface area contributed by atoms with Crippen LogP contribution in [0.4, 0.5) is 5.69 Å². The number of H-pyrrole nitrogens is 2. The van der Waals surface area contributed by atoms with E-state index in [0.29, 0.717) is 11.3 Å². The fourth-order valence-corrected chi connectivity index (χ4v) is 3.31. The lowest BCUT2D eigenvalue weighted by Gasteiger charge is -2.09. The van der Waals surface area contributed by atoms with E-state index in [1.54, 1.807) is 24.8 Å². The van der Waals surface area contributed by atoms with Crippen molar-refractivity contribution in [2.24, 2.45) is 5.92 Å². The molecule has 0 radical (unpaired) electrons. The third-order valence-corrected chi connectivity index (χ3v) is 4.93. The maximum atomic E-state index is 12.0. The first-order chi connectivity index (χ1) is 14.6. The van der Waals surface area contributed by atoms with E-state index in [0.717, 1.165) is 38.9 Å². The number of anilines is 1. The molecule has 148 valence electrons. The monoisotopic (exact) mass is 397 g/mol. The number of nitrogens with zero attached hydrogens (tertiary/aromatic N) is 4. The molecule has 1 amide bonds. The zero-order valence-electron chi connectivity index (χ0n) is 16.5. The summed E-state index contributed by atoms with van der Waals surface area (Å²) in [5.74, 6) is -0.155. The summed E-state index contributed by atoms with van der Waals surface area (Å²) in [5.41, 5.74) is 5.56. The average Bonchev–Trinajstić information content (AvgIpc) is 3.37. The summed E-state index contributed by atoms with van der Waals surface area (Å²) in [7, 11) is 0. The third kappa shape index (κ3) is 3.18. The van der Waals surface area contributed by atoms with Crippen LogP contribution in [0.25, 0.3) is 44.6 Å². The van der Waals surface area contributed by atoms with Crippen molar-refractivity contribution in [3.63, 3.8) is 0 Å². The van der Waals surface area contributed by atoms with Crippen LogP contribution >= 0.6 is 0 Å². The Labute approximate surface area is 171 Å². The number of hydrogen-bond acceptors (Lipinski definition) is 5. The molecule has 5 aromatic heterocycles. The van der Waals surface area contributed by atoms with E-state index in [4.69, 9.17) is 0 Å². The van der Waals surface area contributed by atoms with Gasteiger partial charge in [-0.3, -0.25) is 14.9 Å². The number of pyridine rings is 3. The number of nitrogens with one attached hydrogen (secondary N) is 3. The first-order valence-corrected chi connectivity index (χ1v) is 9.63. The molecule has 5 rings (SSSR count). The van der Waals surface area contributed by atoms with Crippen LogP contribution in [0.5, 0.6) is 0 Å². The lowest BCUT2D eigenvalue weighted by molar-refractivity contribution is -0.118. The fraction of sp³-hybridized carbons (Fsp3) is 0.136. The van der Waals surface area contributed by atoms with E-state index in [1.807, 2.05) is 44.2 Å². The Balaban J connectivity index is 1.55. The minimum Gasteiger partial charge on any atom is -0.338 e. The zero-order chi connectivity index (χ0) is 20.7. The molecule has 0 bridgehead atoms. The van der Waals surface area contributed by atoms with Crippen molar-refractivity contribution < 1.29 is 4.79 Å². The summed E-state index contributed by atoms with van der Waals surface area (Å²) in [4.78, 5) is 28.4.